The van der Waals surface area contributed by atoms with Crippen LogP contribution in [0.2, 0.25) is 0 Å². The first-order valence-electron chi connectivity index (χ1n) is 7.83. The number of unbranched alkanes of at least 4 members (excludes halogenated alkanes) is 1. The number of piperazine rings is 1. The van der Waals surface area contributed by atoms with Gasteiger partial charge < -0.3 is 15.4 Å². The molecule has 2 N–H and O–H groups in total. The van der Waals surface area contributed by atoms with E-state index in [4.69, 9.17) is 10.5 Å². The predicted molar refractivity (Wildman–Crippen MR) is 78.4 cm³/mol. The van der Waals surface area contributed by atoms with Crippen LogP contribution in [0.15, 0.2) is 0 Å². The van der Waals surface area contributed by atoms with Crippen LogP contribution in [0.25, 0.3) is 0 Å². The normalized spacial score (nSPS) is 23.8. The Morgan fingerprint density at radius 1 is 0.684 bits per heavy atom. The summed E-state index contributed by atoms with van der Waals surface area (Å²) in [5.41, 5.74) is 5.54. The molecular formula is C14H30N4O. The van der Waals surface area contributed by atoms with E-state index in [9.17, 15) is 0 Å². The minimum Gasteiger partial charge on any atom is -0.379 e. The molecule has 2 fully saturated rings. The van der Waals surface area contributed by atoms with Crippen LogP contribution in [0.4, 0.5) is 0 Å². The van der Waals surface area contributed by atoms with E-state index in [1.54, 1.807) is 0 Å². The SMILES string of the molecule is NCCCCN1CCN(CCN2CCOCC2)CC1. The summed E-state index contributed by atoms with van der Waals surface area (Å²) < 4.78 is 5.38. The van der Waals surface area contributed by atoms with E-state index in [-0.39, 0.29) is 0 Å². The molecule has 5 heteroatoms. The minimum absolute atomic E-state index is 0.833. The Bertz CT molecular complexity index is 225. The first-order valence-corrected chi connectivity index (χ1v) is 7.83. The molecule has 2 heterocycles. The maximum absolute atomic E-state index is 5.54. The molecule has 5 nitrogen and oxygen atoms in total. The third kappa shape index (κ3) is 5.75. The van der Waals surface area contributed by atoms with Crippen molar-refractivity contribution < 1.29 is 4.74 Å². The van der Waals surface area contributed by atoms with E-state index in [1.807, 2.05) is 0 Å². The molecule has 2 saturated heterocycles. The highest BCUT2D eigenvalue weighted by atomic mass is 16.5. The Hall–Kier alpha value is -0.200. The van der Waals surface area contributed by atoms with Gasteiger partial charge in [-0.1, -0.05) is 0 Å². The van der Waals surface area contributed by atoms with Crippen LogP contribution in [0.1, 0.15) is 12.8 Å². The lowest BCUT2D eigenvalue weighted by molar-refractivity contribution is 0.0299. The van der Waals surface area contributed by atoms with Crippen molar-refractivity contribution in [2.24, 2.45) is 5.73 Å². The molecule has 0 aliphatic carbocycles. The third-order valence-corrected chi connectivity index (χ3v) is 4.23. The Labute approximate surface area is 117 Å². The summed E-state index contributed by atoms with van der Waals surface area (Å²) in [6, 6.07) is 0. The maximum atomic E-state index is 5.54. The van der Waals surface area contributed by atoms with Crippen molar-refractivity contribution in [3.63, 3.8) is 0 Å². The lowest BCUT2D eigenvalue weighted by Crippen LogP contribution is -2.49. The first-order chi connectivity index (χ1) is 9.38. The highest BCUT2D eigenvalue weighted by molar-refractivity contribution is 4.73. The second-order valence-corrected chi connectivity index (χ2v) is 5.63. The maximum Gasteiger partial charge on any atom is 0.0594 e. The molecule has 0 atom stereocenters. The summed E-state index contributed by atoms with van der Waals surface area (Å²) in [5.74, 6) is 0. The van der Waals surface area contributed by atoms with Gasteiger partial charge in [-0.05, 0) is 25.9 Å². The predicted octanol–water partition coefficient (Wildman–Crippen LogP) is -0.325. The van der Waals surface area contributed by atoms with E-state index in [0.717, 1.165) is 39.3 Å². The molecule has 0 saturated carbocycles. The highest BCUT2D eigenvalue weighted by Crippen LogP contribution is 2.04. The quantitative estimate of drug-likeness (QED) is 0.642. The molecule has 2 aliphatic rings. The van der Waals surface area contributed by atoms with E-state index in [2.05, 4.69) is 14.7 Å². The molecular weight excluding hydrogens is 240 g/mol. The summed E-state index contributed by atoms with van der Waals surface area (Å²) in [6.45, 7) is 13.4. The summed E-state index contributed by atoms with van der Waals surface area (Å²) in [4.78, 5) is 7.72. The number of nitrogens with zero attached hydrogens (tertiary/aromatic N) is 3. The smallest absolute Gasteiger partial charge is 0.0594 e. The number of morpholine rings is 1. The van der Waals surface area contributed by atoms with Gasteiger partial charge in [0, 0.05) is 52.4 Å². The molecule has 0 aromatic rings. The van der Waals surface area contributed by atoms with Gasteiger partial charge in [-0.2, -0.15) is 0 Å². The van der Waals surface area contributed by atoms with Crippen LogP contribution in [0, 0.1) is 0 Å². The topological polar surface area (TPSA) is 45.0 Å². The lowest BCUT2D eigenvalue weighted by Gasteiger charge is -2.36. The van der Waals surface area contributed by atoms with E-state index in [1.165, 1.54) is 52.2 Å². The second kappa shape index (κ2) is 8.87. The van der Waals surface area contributed by atoms with Crippen LogP contribution < -0.4 is 5.73 Å². The lowest BCUT2D eigenvalue weighted by atomic mass is 10.2. The molecule has 0 amide bonds. The van der Waals surface area contributed by atoms with Gasteiger partial charge in [-0.3, -0.25) is 9.80 Å². The fraction of sp³-hybridized carbons (Fsp3) is 1.00. The zero-order valence-electron chi connectivity index (χ0n) is 12.2. The van der Waals surface area contributed by atoms with Crippen LogP contribution >= 0.6 is 0 Å². The Kier molecular flexibility index (Phi) is 7.09. The standard InChI is InChI=1S/C14H30N4O/c15-3-1-2-4-16-5-7-17(8-6-16)9-10-18-11-13-19-14-12-18/h1-15H2. The molecule has 0 unspecified atom stereocenters. The third-order valence-electron chi connectivity index (χ3n) is 4.23. The van der Waals surface area contributed by atoms with Crippen molar-refractivity contribution in [2.45, 2.75) is 12.8 Å². The van der Waals surface area contributed by atoms with Crippen LogP contribution in [0.5, 0.6) is 0 Å². The average Bonchev–Trinajstić information content (AvgIpc) is 2.48. The Morgan fingerprint density at radius 2 is 1.21 bits per heavy atom. The van der Waals surface area contributed by atoms with Gasteiger partial charge in [-0.25, -0.2) is 0 Å². The molecule has 0 aromatic heterocycles. The van der Waals surface area contributed by atoms with Crippen molar-refractivity contribution in [3.05, 3.63) is 0 Å². The van der Waals surface area contributed by atoms with Crippen molar-refractivity contribution in [3.8, 4) is 0 Å². The summed E-state index contributed by atoms with van der Waals surface area (Å²) in [6.07, 6.45) is 2.42. The molecule has 0 bridgehead atoms. The Balaban J connectivity index is 1.53. The number of rotatable bonds is 7. The molecule has 2 rings (SSSR count). The van der Waals surface area contributed by atoms with Crippen molar-refractivity contribution in [1.29, 1.82) is 0 Å². The average molecular weight is 270 g/mol. The highest BCUT2D eigenvalue weighted by Gasteiger charge is 2.17. The number of ether oxygens (including phenoxy) is 1. The molecule has 0 radical (unpaired) electrons. The zero-order valence-corrected chi connectivity index (χ0v) is 12.2. The molecule has 112 valence electrons. The fourth-order valence-corrected chi connectivity index (χ4v) is 2.82. The fourth-order valence-electron chi connectivity index (χ4n) is 2.82. The first kappa shape index (κ1) is 15.2. The monoisotopic (exact) mass is 270 g/mol. The van der Waals surface area contributed by atoms with E-state index in [0.29, 0.717) is 0 Å². The van der Waals surface area contributed by atoms with Gasteiger partial charge in [0.1, 0.15) is 0 Å². The van der Waals surface area contributed by atoms with Crippen LogP contribution in [-0.2, 0) is 4.74 Å². The molecule has 19 heavy (non-hydrogen) atoms. The number of hydrogen-bond acceptors (Lipinski definition) is 5. The van der Waals surface area contributed by atoms with Gasteiger partial charge in [0.05, 0.1) is 13.2 Å². The van der Waals surface area contributed by atoms with E-state index < -0.39 is 0 Å². The summed E-state index contributed by atoms with van der Waals surface area (Å²) in [5, 5.41) is 0. The van der Waals surface area contributed by atoms with Crippen LogP contribution in [0.3, 0.4) is 0 Å². The summed E-state index contributed by atoms with van der Waals surface area (Å²) >= 11 is 0. The largest absolute Gasteiger partial charge is 0.379 e. The van der Waals surface area contributed by atoms with Crippen molar-refractivity contribution >= 4 is 0 Å². The van der Waals surface area contributed by atoms with Gasteiger partial charge in [0.15, 0.2) is 0 Å². The number of hydrogen-bond donors (Lipinski definition) is 1. The van der Waals surface area contributed by atoms with Crippen molar-refractivity contribution in [1.82, 2.24) is 14.7 Å². The molecule has 0 aromatic carbocycles. The molecule has 2 aliphatic heterocycles. The van der Waals surface area contributed by atoms with E-state index >= 15 is 0 Å². The molecule has 0 spiro atoms. The van der Waals surface area contributed by atoms with Crippen molar-refractivity contribution in [2.75, 3.05) is 78.7 Å². The number of nitrogens with two attached hydrogens (primary N) is 1. The van der Waals surface area contributed by atoms with Gasteiger partial charge >= 0.3 is 0 Å². The van der Waals surface area contributed by atoms with Gasteiger partial charge in [0.25, 0.3) is 0 Å². The zero-order chi connectivity index (χ0) is 13.3. The van der Waals surface area contributed by atoms with Gasteiger partial charge in [0.2, 0.25) is 0 Å². The van der Waals surface area contributed by atoms with Gasteiger partial charge in [-0.15, -0.1) is 0 Å². The van der Waals surface area contributed by atoms with Crippen LogP contribution in [-0.4, -0.2) is 93.4 Å². The second-order valence-electron chi connectivity index (χ2n) is 5.63. The summed E-state index contributed by atoms with van der Waals surface area (Å²) in [7, 11) is 0. The minimum atomic E-state index is 0.833. The Morgan fingerprint density at radius 3 is 1.79 bits per heavy atom.